The minimum absolute atomic E-state index is 0.682. The number of hydrogen-bond donors (Lipinski definition) is 1. The van der Waals surface area contributed by atoms with Crippen molar-refractivity contribution in [2.24, 2.45) is 0 Å². The first-order chi connectivity index (χ1) is 7.26. The molecule has 0 spiro atoms. The summed E-state index contributed by atoms with van der Waals surface area (Å²) in [4.78, 5) is 2.46. The Bertz CT molecular complexity index is 145. The summed E-state index contributed by atoms with van der Waals surface area (Å²) in [6.45, 7) is 11.7. The molecule has 0 saturated carbocycles. The van der Waals surface area contributed by atoms with Crippen LogP contribution in [0.25, 0.3) is 0 Å². The second-order valence-corrected chi connectivity index (χ2v) is 4.18. The average Bonchev–Trinajstić information content (AvgIpc) is 2.24. The third-order valence-electron chi connectivity index (χ3n) is 2.82. The summed E-state index contributed by atoms with van der Waals surface area (Å²) in [6.07, 6.45) is 6.80. The van der Waals surface area contributed by atoms with Crippen molar-refractivity contribution in [3.63, 3.8) is 0 Å². The summed E-state index contributed by atoms with van der Waals surface area (Å²) >= 11 is 0. The number of likely N-dealkylation sites (N-methyl/N-ethyl adjacent to an activating group) is 1. The Labute approximate surface area is 95.7 Å². The molecule has 0 heterocycles. The molecule has 0 radical (unpaired) electrons. The average molecular weight is 212 g/mol. The van der Waals surface area contributed by atoms with Gasteiger partial charge in [-0.15, -0.1) is 6.58 Å². The zero-order chi connectivity index (χ0) is 11.5. The molecule has 1 N–H and O–H groups in total. The second kappa shape index (κ2) is 10.2. The van der Waals surface area contributed by atoms with Crippen molar-refractivity contribution in [1.29, 1.82) is 0 Å². The van der Waals surface area contributed by atoms with Crippen LogP contribution in [0.3, 0.4) is 0 Å². The molecule has 15 heavy (non-hydrogen) atoms. The molecule has 2 nitrogen and oxygen atoms in total. The smallest absolute Gasteiger partial charge is 0.0214 e. The molecule has 0 aliphatic heterocycles. The van der Waals surface area contributed by atoms with E-state index in [0.717, 1.165) is 19.5 Å². The second-order valence-electron chi connectivity index (χ2n) is 4.18. The number of unbranched alkanes of at least 4 members (excludes halogenated alkanes) is 1. The van der Waals surface area contributed by atoms with Gasteiger partial charge in [-0.05, 0) is 45.8 Å². The van der Waals surface area contributed by atoms with Crippen LogP contribution in [0.5, 0.6) is 0 Å². The van der Waals surface area contributed by atoms with E-state index in [1.54, 1.807) is 0 Å². The van der Waals surface area contributed by atoms with Gasteiger partial charge in [-0.1, -0.05) is 19.9 Å². The van der Waals surface area contributed by atoms with Crippen LogP contribution in [0, 0.1) is 0 Å². The van der Waals surface area contributed by atoms with Crippen LogP contribution in [0.4, 0.5) is 0 Å². The third kappa shape index (κ3) is 7.57. The van der Waals surface area contributed by atoms with E-state index in [9.17, 15) is 0 Å². The molecule has 0 bridgehead atoms. The van der Waals surface area contributed by atoms with Gasteiger partial charge in [-0.25, -0.2) is 0 Å². The first-order valence-electron chi connectivity index (χ1n) is 6.28. The van der Waals surface area contributed by atoms with Gasteiger partial charge in [0.15, 0.2) is 0 Å². The highest BCUT2D eigenvalue weighted by Gasteiger charge is 2.10. The summed E-state index contributed by atoms with van der Waals surface area (Å²) in [6, 6.07) is 0.682. The lowest BCUT2D eigenvalue weighted by Crippen LogP contribution is -2.40. The van der Waals surface area contributed by atoms with E-state index in [4.69, 9.17) is 0 Å². The molecular weight excluding hydrogens is 184 g/mol. The fourth-order valence-corrected chi connectivity index (χ4v) is 1.72. The van der Waals surface area contributed by atoms with Gasteiger partial charge in [-0.2, -0.15) is 0 Å². The van der Waals surface area contributed by atoms with Gasteiger partial charge in [-0.3, -0.25) is 0 Å². The molecule has 1 unspecified atom stereocenters. The maximum absolute atomic E-state index is 3.75. The summed E-state index contributed by atoms with van der Waals surface area (Å²) in [5, 5.41) is 3.50. The molecule has 0 fully saturated rings. The van der Waals surface area contributed by atoms with Crippen LogP contribution in [0.2, 0.25) is 0 Å². The number of hydrogen-bond acceptors (Lipinski definition) is 2. The first-order valence-corrected chi connectivity index (χ1v) is 6.28. The van der Waals surface area contributed by atoms with Gasteiger partial charge in [0.25, 0.3) is 0 Å². The van der Waals surface area contributed by atoms with Crippen LogP contribution in [-0.4, -0.2) is 37.6 Å². The maximum atomic E-state index is 3.75. The Hall–Kier alpha value is -0.340. The number of rotatable bonds is 10. The molecule has 0 saturated heterocycles. The topological polar surface area (TPSA) is 15.3 Å². The highest BCUT2D eigenvalue weighted by atomic mass is 15.1. The number of nitrogens with zero attached hydrogens (tertiary/aromatic N) is 1. The third-order valence-corrected chi connectivity index (χ3v) is 2.82. The Balaban J connectivity index is 3.66. The molecule has 0 aliphatic carbocycles. The summed E-state index contributed by atoms with van der Waals surface area (Å²) < 4.78 is 0. The zero-order valence-corrected chi connectivity index (χ0v) is 10.8. The molecule has 2 heteroatoms. The molecule has 0 aromatic heterocycles. The molecule has 90 valence electrons. The van der Waals surface area contributed by atoms with Gasteiger partial charge in [0.2, 0.25) is 0 Å². The Morgan fingerprint density at radius 3 is 2.67 bits per heavy atom. The van der Waals surface area contributed by atoms with E-state index in [2.05, 4.69) is 37.7 Å². The van der Waals surface area contributed by atoms with Crippen LogP contribution >= 0.6 is 0 Å². The van der Waals surface area contributed by atoms with Crippen LogP contribution in [0.1, 0.15) is 39.5 Å². The SMILES string of the molecule is C=CCCCN(C)C(CC)CNCCC. The molecule has 0 aromatic carbocycles. The Morgan fingerprint density at radius 2 is 2.13 bits per heavy atom. The lowest BCUT2D eigenvalue weighted by molar-refractivity contribution is 0.227. The van der Waals surface area contributed by atoms with Crippen molar-refractivity contribution in [3.8, 4) is 0 Å². The molecule has 0 aliphatic rings. The summed E-state index contributed by atoms with van der Waals surface area (Å²) in [5.41, 5.74) is 0. The quantitative estimate of drug-likeness (QED) is 0.442. The van der Waals surface area contributed by atoms with Gasteiger partial charge in [0.1, 0.15) is 0 Å². The monoisotopic (exact) mass is 212 g/mol. The van der Waals surface area contributed by atoms with Crippen molar-refractivity contribution in [2.45, 2.75) is 45.6 Å². The van der Waals surface area contributed by atoms with Crippen LogP contribution in [-0.2, 0) is 0 Å². The predicted octanol–water partition coefficient (Wildman–Crippen LogP) is 2.66. The fraction of sp³-hybridized carbons (Fsp3) is 0.846. The van der Waals surface area contributed by atoms with E-state index < -0.39 is 0 Å². The van der Waals surface area contributed by atoms with E-state index in [-0.39, 0.29) is 0 Å². The predicted molar refractivity (Wildman–Crippen MR) is 69.3 cm³/mol. The van der Waals surface area contributed by atoms with E-state index in [0.29, 0.717) is 6.04 Å². The van der Waals surface area contributed by atoms with Crippen molar-refractivity contribution < 1.29 is 0 Å². The largest absolute Gasteiger partial charge is 0.315 e. The normalized spacial score (nSPS) is 13.1. The van der Waals surface area contributed by atoms with Gasteiger partial charge in [0.05, 0.1) is 0 Å². The van der Waals surface area contributed by atoms with E-state index >= 15 is 0 Å². The number of allylic oxidation sites excluding steroid dienone is 1. The summed E-state index contributed by atoms with van der Waals surface area (Å²) in [7, 11) is 2.23. The maximum Gasteiger partial charge on any atom is 0.0214 e. The standard InChI is InChI=1S/C13H28N2/c1-5-8-9-11-15(4)13(7-3)12-14-10-6-2/h5,13-14H,1,6-12H2,2-4H3. The Morgan fingerprint density at radius 1 is 1.40 bits per heavy atom. The molecular formula is C13H28N2. The van der Waals surface area contributed by atoms with E-state index in [1.165, 1.54) is 25.8 Å². The molecule has 1 atom stereocenters. The van der Waals surface area contributed by atoms with Gasteiger partial charge in [0, 0.05) is 12.6 Å². The minimum Gasteiger partial charge on any atom is -0.315 e. The summed E-state index contributed by atoms with van der Waals surface area (Å²) in [5.74, 6) is 0. The Kier molecular flexibility index (Phi) is 9.96. The van der Waals surface area contributed by atoms with Crippen molar-refractivity contribution in [1.82, 2.24) is 10.2 Å². The first kappa shape index (κ1) is 14.7. The van der Waals surface area contributed by atoms with Crippen molar-refractivity contribution in [2.75, 3.05) is 26.7 Å². The van der Waals surface area contributed by atoms with Crippen molar-refractivity contribution >= 4 is 0 Å². The van der Waals surface area contributed by atoms with Crippen LogP contribution < -0.4 is 5.32 Å². The lowest BCUT2D eigenvalue weighted by atomic mass is 10.2. The molecule has 0 rings (SSSR count). The van der Waals surface area contributed by atoms with Crippen molar-refractivity contribution in [3.05, 3.63) is 12.7 Å². The zero-order valence-electron chi connectivity index (χ0n) is 10.8. The lowest BCUT2D eigenvalue weighted by Gasteiger charge is -2.27. The highest BCUT2D eigenvalue weighted by Crippen LogP contribution is 2.03. The minimum atomic E-state index is 0.682. The highest BCUT2D eigenvalue weighted by molar-refractivity contribution is 4.72. The van der Waals surface area contributed by atoms with Gasteiger partial charge < -0.3 is 10.2 Å². The van der Waals surface area contributed by atoms with E-state index in [1.807, 2.05) is 6.08 Å². The molecule has 0 aromatic rings. The van der Waals surface area contributed by atoms with Gasteiger partial charge >= 0.3 is 0 Å². The fourth-order valence-electron chi connectivity index (χ4n) is 1.72. The number of nitrogens with one attached hydrogen (secondary N) is 1. The molecule has 0 amide bonds. The van der Waals surface area contributed by atoms with Crippen LogP contribution in [0.15, 0.2) is 12.7 Å².